The number of methoxy groups -OCH3 is 2. The lowest BCUT2D eigenvalue weighted by Gasteiger charge is -2.20. The summed E-state index contributed by atoms with van der Waals surface area (Å²) in [7, 11) is 2.99. The van der Waals surface area contributed by atoms with Crippen LogP contribution in [0.4, 0.5) is 0 Å². The van der Waals surface area contributed by atoms with Gasteiger partial charge in [-0.15, -0.1) is 0 Å². The van der Waals surface area contributed by atoms with Crippen LogP contribution in [0.25, 0.3) is 0 Å². The number of carboxylic acid groups (broad SMARTS) is 1. The van der Waals surface area contributed by atoms with E-state index in [4.69, 9.17) is 9.47 Å². The Morgan fingerprint density at radius 3 is 2.63 bits per heavy atom. The number of hydrogen-bond donors (Lipinski definition) is 2. The molecule has 2 aromatic rings. The van der Waals surface area contributed by atoms with Gasteiger partial charge in [0.2, 0.25) is 0 Å². The molecule has 0 spiro atoms. The second-order valence-electron chi connectivity index (χ2n) is 6.14. The molecule has 3 rings (SSSR count). The first-order valence-electron chi connectivity index (χ1n) is 8.24. The molecule has 0 aliphatic carbocycles. The maximum Gasteiger partial charge on any atom is 0.308 e. The topological polar surface area (TPSA) is 122 Å². The van der Waals surface area contributed by atoms with Crippen molar-refractivity contribution in [2.45, 2.75) is 5.92 Å². The van der Waals surface area contributed by atoms with Crippen LogP contribution in [-0.4, -0.2) is 59.2 Å². The lowest BCUT2D eigenvalue weighted by atomic mass is 9.88. The van der Waals surface area contributed by atoms with Crippen LogP contribution in [-0.2, 0) is 4.79 Å². The molecule has 0 radical (unpaired) electrons. The predicted octanol–water partition coefficient (Wildman–Crippen LogP) is 0.727. The van der Waals surface area contributed by atoms with Gasteiger partial charge in [0.25, 0.3) is 11.5 Å². The standard InChI is InChI=1S/C18H19N3O6/c1-26-14-5-3-4-10(16(14)27-2)11-8-21(9-12(11)18(24)25)17(23)13-6-20-15(22)7-19-13/h3-7,11-12H,8-9H2,1-2H3,(H,20,22)(H,24,25)/t11-,12+/m0/s1. The minimum atomic E-state index is -1.00. The molecule has 2 N–H and O–H groups in total. The largest absolute Gasteiger partial charge is 0.493 e. The zero-order valence-corrected chi connectivity index (χ0v) is 14.8. The summed E-state index contributed by atoms with van der Waals surface area (Å²) in [6.45, 7) is 0.208. The highest BCUT2D eigenvalue weighted by molar-refractivity contribution is 5.93. The number of ether oxygens (including phenoxy) is 2. The van der Waals surface area contributed by atoms with E-state index in [0.29, 0.717) is 17.1 Å². The van der Waals surface area contributed by atoms with Crippen LogP contribution in [0.3, 0.4) is 0 Å². The van der Waals surface area contributed by atoms with Crippen LogP contribution < -0.4 is 15.0 Å². The summed E-state index contributed by atoms with van der Waals surface area (Å²) in [6.07, 6.45) is 2.24. The Morgan fingerprint density at radius 1 is 1.26 bits per heavy atom. The molecule has 1 saturated heterocycles. The number of benzene rings is 1. The molecule has 2 atom stereocenters. The van der Waals surface area contributed by atoms with E-state index in [2.05, 4.69) is 9.97 Å². The van der Waals surface area contributed by atoms with Crippen LogP contribution in [0.15, 0.2) is 35.4 Å². The van der Waals surface area contributed by atoms with Crippen molar-refractivity contribution in [2.75, 3.05) is 27.3 Å². The van der Waals surface area contributed by atoms with Gasteiger partial charge in [-0.2, -0.15) is 0 Å². The Morgan fingerprint density at radius 2 is 2.04 bits per heavy atom. The van der Waals surface area contributed by atoms with Gasteiger partial charge in [-0.1, -0.05) is 12.1 Å². The average molecular weight is 373 g/mol. The van der Waals surface area contributed by atoms with E-state index in [1.165, 1.54) is 25.3 Å². The molecular weight excluding hydrogens is 354 g/mol. The van der Waals surface area contributed by atoms with E-state index < -0.39 is 29.3 Å². The maximum absolute atomic E-state index is 12.7. The van der Waals surface area contributed by atoms with Gasteiger partial charge in [0.1, 0.15) is 5.69 Å². The van der Waals surface area contributed by atoms with E-state index in [9.17, 15) is 19.5 Å². The van der Waals surface area contributed by atoms with Gasteiger partial charge in [0.05, 0.1) is 26.3 Å². The van der Waals surface area contributed by atoms with Gasteiger partial charge in [-0.3, -0.25) is 14.4 Å². The molecule has 1 aromatic heterocycles. The zero-order chi connectivity index (χ0) is 19.6. The van der Waals surface area contributed by atoms with Crippen molar-refractivity contribution in [1.82, 2.24) is 14.9 Å². The number of amides is 1. The number of para-hydroxylation sites is 1. The number of rotatable bonds is 5. The second-order valence-corrected chi connectivity index (χ2v) is 6.14. The summed E-state index contributed by atoms with van der Waals surface area (Å²) in [6, 6.07) is 5.25. The van der Waals surface area contributed by atoms with Gasteiger partial charge >= 0.3 is 5.97 Å². The molecule has 1 fully saturated rings. The second kappa shape index (κ2) is 7.48. The van der Waals surface area contributed by atoms with Crippen molar-refractivity contribution in [1.29, 1.82) is 0 Å². The molecule has 27 heavy (non-hydrogen) atoms. The quantitative estimate of drug-likeness (QED) is 0.792. The van der Waals surface area contributed by atoms with Crippen LogP contribution in [0.2, 0.25) is 0 Å². The SMILES string of the molecule is COc1cccc([C@@H]2CN(C(=O)c3c[nH]c(=O)cn3)C[C@H]2C(=O)O)c1OC. The lowest BCUT2D eigenvalue weighted by Crippen LogP contribution is -2.31. The van der Waals surface area contributed by atoms with Crippen molar-refractivity contribution < 1.29 is 24.2 Å². The van der Waals surface area contributed by atoms with Crippen molar-refractivity contribution >= 4 is 11.9 Å². The first kappa shape index (κ1) is 18.4. The van der Waals surface area contributed by atoms with Gasteiger partial charge in [-0.25, -0.2) is 4.98 Å². The molecular formula is C18H19N3O6. The van der Waals surface area contributed by atoms with Crippen LogP contribution in [0, 0.1) is 5.92 Å². The number of likely N-dealkylation sites (tertiary alicyclic amines) is 1. The monoisotopic (exact) mass is 373 g/mol. The smallest absolute Gasteiger partial charge is 0.308 e. The van der Waals surface area contributed by atoms with Gasteiger partial charge in [0, 0.05) is 30.8 Å². The zero-order valence-electron chi connectivity index (χ0n) is 14.8. The molecule has 0 saturated carbocycles. The number of carbonyl (C=O) groups is 2. The highest BCUT2D eigenvalue weighted by atomic mass is 16.5. The Kier molecular flexibility index (Phi) is 5.11. The first-order valence-corrected chi connectivity index (χ1v) is 8.24. The number of aliphatic carboxylic acids is 1. The molecule has 9 nitrogen and oxygen atoms in total. The Balaban J connectivity index is 1.94. The average Bonchev–Trinajstić information content (AvgIpc) is 3.12. The van der Waals surface area contributed by atoms with E-state index in [0.717, 1.165) is 6.20 Å². The van der Waals surface area contributed by atoms with E-state index >= 15 is 0 Å². The van der Waals surface area contributed by atoms with E-state index in [1.54, 1.807) is 18.2 Å². The minimum absolute atomic E-state index is 0.0278. The van der Waals surface area contributed by atoms with Crippen molar-refractivity contribution in [3.63, 3.8) is 0 Å². The Bertz CT molecular complexity index is 905. The summed E-state index contributed by atoms with van der Waals surface area (Å²) < 4.78 is 10.7. The highest BCUT2D eigenvalue weighted by Gasteiger charge is 2.42. The van der Waals surface area contributed by atoms with E-state index in [1.807, 2.05) is 0 Å². The number of carbonyl (C=O) groups excluding carboxylic acids is 1. The minimum Gasteiger partial charge on any atom is -0.493 e. The molecule has 0 unspecified atom stereocenters. The summed E-state index contributed by atoms with van der Waals surface area (Å²) >= 11 is 0. The van der Waals surface area contributed by atoms with Crippen LogP contribution >= 0.6 is 0 Å². The number of H-pyrrole nitrogens is 1. The molecule has 1 aliphatic heterocycles. The summed E-state index contributed by atoms with van der Waals surface area (Å²) in [4.78, 5) is 43.3. The Labute approximate surface area is 154 Å². The van der Waals surface area contributed by atoms with Crippen LogP contribution in [0.1, 0.15) is 22.0 Å². The fourth-order valence-electron chi connectivity index (χ4n) is 3.36. The summed E-state index contributed by atoms with van der Waals surface area (Å²) in [5.74, 6) is -1.78. The van der Waals surface area contributed by atoms with Crippen molar-refractivity contribution in [3.8, 4) is 11.5 Å². The number of aromatic nitrogens is 2. The first-order chi connectivity index (χ1) is 13.0. The Hall–Kier alpha value is -3.36. The fraction of sp³-hybridized carbons (Fsp3) is 0.333. The fourth-order valence-corrected chi connectivity index (χ4v) is 3.36. The number of aromatic amines is 1. The normalized spacial score (nSPS) is 19.0. The molecule has 1 amide bonds. The molecule has 142 valence electrons. The van der Waals surface area contributed by atoms with Gasteiger partial charge in [0.15, 0.2) is 11.5 Å². The summed E-state index contributed by atoms with van der Waals surface area (Å²) in [5.41, 5.74) is 0.293. The molecule has 1 aromatic carbocycles. The molecule has 1 aliphatic rings. The maximum atomic E-state index is 12.7. The third kappa shape index (κ3) is 3.48. The number of hydrogen-bond acceptors (Lipinski definition) is 6. The number of nitrogens with one attached hydrogen (secondary N) is 1. The van der Waals surface area contributed by atoms with Crippen LogP contribution in [0.5, 0.6) is 11.5 Å². The summed E-state index contributed by atoms with van der Waals surface area (Å²) in [5, 5.41) is 9.67. The lowest BCUT2D eigenvalue weighted by molar-refractivity contribution is -0.141. The van der Waals surface area contributed by atoms with Crippen molar-refractivity contribution in [2.24, 2.45) is 5.92 Å². The highest BCUT2D eigenvalue weighted by Crippen LogP contribution is 2.42. The van der Waals surface area contributed by atoms with Crippen molar-refractivity contribution in [3.05, 3.63) is 52.2 Å². The third-order valence-corrected chi connectivity index (χ3v) is 4.65. The number of carboxylic acids is 1. The predicted molar refractivity (Wildman–Crippen MR) is 94.2 cm³/mol. The molecule has 0 bridgehead atoms. The van der Waals surface area contributed by atoms with Gasteiger partial charge < -0.3 is 24.5 Å². The third-order valence-electron chi connectivity index (χ3n) is 4.65. The van der Waals surface area contributed by atoms with Gasteiger partial charge in [-0.05, 0) is 6.07 Å². The molecule has 2 heterocycles. The van der Waals surface area contributed by atoms with E-state index in [-0.39, 0.29) is 18.8 Å². The number of nitrogens with zero attached hydrogens (tertiary/aromatic N) is 2. The molecule has 9 heteroatoms.